The molecule has 0 aliphatic rings. The molecule has 0 aromatic heterocycles. The Kier molecular flexibility index (Phi) is 7.94. The highest BCUT2D eigenvalue weighted by Gasteiger charge is 2.02. The standard InChI is InChI=1S/C15H24O2S/c1-3-4-5-6-11-18-15-9-7-14(8-10-15)17-13(2)12-16/h7-10,13,16H,3-6,11-12H2,1-2H3. The number of hydrogen-bond acceptors (Lipinski definition) is 3. The lowest BCUT2D eigenvalue weighted by molar-refractivity contribution is 0.129. The van der Waals surface area contributed by atoms with Crippen LogP contribution in [0.15, 0.2) is 29.2 Å². The second-order valence-corrected chi connectivity index (χ2v) is 5.66. The summed E-state index contributed by atoms with van der Waals surface area (Å²) in [4.78, 5) is 1.29. The molecule has 2 nitrogen and oxygen atoms in total. The normalized spacial score (nSPS) is 12.4. The number of rotatable bonds is 9. The first-order chi connectivity index (χ1) is 8.76. The third-order valence-corrected chi connectivity index (χ3v) is 3.78. The second-order valence-electron chi connectivity index (χ2n) is 4.49. The Hall–Kier alpha value is -0.670. The van der Waals surface area contributed by atoms with Gasteiger partial charge in [0.05, 0.1) is 6.61 Å². The third-order valence-electron chi connectivity index (χ3n) is 2.68. The zero-order valence-corrected chi connectivity index (χ0v) is 12.2. The van der Waals surface area contributed by atoms with Gasteiger partial charge in [-0.15, -0.1) is 11.8 Å². The first-order valence-electron chi connectivity index (χ1n) is 6.76. The van der Waals surface area contributed by atoms with Crippen LogP contribution in [0.4, 0.5) is 0 Å². The summed E-state index contributed by atoms with van der Waals surface area (Å²) in [6, 6.07) is 8.12. The lowest BCUT2D eigenvalue weighted by Gasteiger charge is -2.12. The molecule has 0 saturated heterocycles. The van der Waals surface area contributed by atoms with E-state index in [1.807, 2.05) is 30.8 Å². The number of benzene rings is 1. The van der Waals surface area contributed by atoms with Gasteiger partial charge in [0.25, 0.3) is 0 Å². The molecule has 0 heterocycles. The summed E-state index contributed by atoms with van der Waals surface area (Å²) >= 11 is 1.90. The number of thioether (sulfide) groups is 1. The van der Waals surface area contributed by atoms with E-state index in [9.17, 15) is 0 Å². The Balaban J connectivity index is 2.27. The third kappa shape index (κ3) is 6.31. The van der Waals surface area contributed by atoms with Crippen molar-refractivity contribution in [3.8, 4) is 5.75 Å². The van der Waals surface area contributed by atoms with Crippen LogP contribution >= 0.6 is 11.8 Å². The first-order valence-corrected chi connectivity index (χ1v) is 7.75. The van der Waals surface area contributed by atoms with Crippen molar-refractivity contribution in [2.45, 2.75) is 50.5 Å². The maximum Gasteiger partial charge on any atom is 0.119 e. The number of aliphatic hydroxyl groups excluding tert-OH is 1. The average Bonchev–Trinajstić information content (AvgIpc) is 2.40. The van der Waals surface area contributed by atoms with Gasteiger partial charge >= 0.3 is 0 Å². The number of hydrogen-bond donors (Lipinski definition) is 1. The van der Waals surface area contributed by atoms with Crippen molar-refractivity contribution in [2.24, 2.45) is 0 Å². The van der Waals surface area contributed by atoms with Crippen molar-refractivity contribution in [1.29, 1.82) is 0 Å². The van der Waals surface area contributed by atoms with Crippen molar-refractivity contribution < 1.29 is 9.84 Å². The van der Waals surface area contributed by atoms with E-state index < -0.39 is 0 Å². The van der Waals surface area contributed by atoms with Crippen molar-refractivity contribution in [3.63, 3.8) is 0 Å². The van der Waals surface area contributed by atoms with Gasteiger partial charge in [-0.3, -0.25) is 0 Å². The highest BCUT2D eigenvalue weighted by atomic mass is 32.2. The predicted octanol–water partition coefficient (Wildman–Crippen LogP) is 4.12. The van der Waals surface area contributed by atoms with Crippen LogP contribution in [0.1, 0.15) is 39.5 Å². The molecule has 0 aliphatic carbocycles. The topological polar surface area (TPSA) is 29.5 Å². The largest absolute Gasteiger partial charge is 0.488 e. The fraction of sp³-hybridized carbons (Fsp3) is 0.600. The van der Waals surface area contributed by atoms with E-state index in [0.29, 0.717) is 0 Å². The maximum absolute atomic E-state index is 8.91. The van der Waals surface area contributed by atoms with Crippen LogP contribution in [-0.2, 0) is 0 Å². The van der Waals surface area contributed by atoms with E-state index in [0.717, 1.165) is 5.75 Å². The molecule has 1 rings (SSSR count). The number of aliphatic hydroxyl groups is 1. The second kappa shape index (κ2) is 9.29. The van der Waals surface area contributed by atoms with Gasteiger partial charge in [0.2, 0.25) is 0 Å². The van der Waals surface area contributed by atoms with Crippen molar-refractivity contribution in [3.05, 3.63) is 24.3 Å². The fourth-order valence-electron chi connectivity index (χ4n) is 1.60. The molecule has 0 spiro atoms. The fourth-order valence-corrected chi connectivity index (χ4v) is 2.52. The lowest BCUT2D eigenvalue weighted by Crippen LogP contribution is -2.15. The van der Waals surface area contributed by atoms with Crippen LogP contribution in [0.25, 0.3) is 0 Å². The molecule has 0 bridgehead atoms. The van der Waals surface area contributed by atoms with Gasteiger partial charge < -0.3 is 9.84 Å². The van der Waals surface area contributed by atoms with Crippen LogP contribution in [-0.4, -0.2) is 23.6 Å². The predicted molar refractivity (Wildman–Crippen MR) is 78.5 cm³/mol. The molecular weight excluding hydrogens is 244 g/mol. The Morgan fingerprint density at radius 1 is 1.17 bits per heavy atom. The molecule has 1 aromatic rings. The zero-order valence-electron chi connectivity index (χ0n) is 11.4. The monoisotopic (exact) mass is 268 g/mol. The summed E-state index contributed by atoms with van der Waals surface area (Å²) in [5, 5.41) is 8.91. The van der Waals surface area contributed by atoms with E-state index in [1.165, 1.54) is 36.3 Å². The molecular formula is C15H24O2S. The Morgan fingerprint density at radius 2 is 1.89 bits per heavy atom. The van der Waals surface area contributed by atoms with E-state index in [2.05, 4.69) is 19.1 Å². The Bertz CT molecular complexity index is 311. The van der Waals surface area contributed by atoms with Crippen molar-refractivity contribution >= 4 is 11.8 Å². The van der Waals surface area contributed by atoms with Crippen LogP contribution in [0.2, 0.25) is 0 Å². The SMILES string of the molecule is CCCCCCSc1ccc(OC(C)CO)cc1. The van der Waals surface area contributed by atoms with Crippen LogP contribution in [0, 0.1) is 0 Å². The smallest absolute Gasteiger partial charge is 0.119 e. The highest BCUT2D eigenvalue weighted by Crippen LogP contribution is 2.23. The van der Waals surface area contributed by atoms with E-state index in [-0.39, 0.29) is 12.7 Å². The summed E-state index contributed by atoms with van der Waals surface area (Å²) in [5.74, 6) is 2.01. The van der Waals surface area contributed by atoms with Crippen molar-refractivity contribution in [2.75, 3.05) is 12.4 Å². The summed E-state index contributed by atoms with van der Waals surface area (Å²) in [6.45, 7) is 4.14. The Labute approximate surface area is 115 Å². The number of ether oxygens (including phenoxy) is 1. The highest BCUT2D eigenvalue weighted by molar-refractivity contribution is 7.99. The summed E-state index contributed by atoms with van der Waals surface area (Å²) in [7, 11) is 0. The maximum atomic E-state index is 8.91. The molecule has 1 atom stereocenters. The van der Waals surface area contributed by atoms with Crippen molar-refractivity contribution in [1.82, 2.24) is 0 Å². The van der Waals surface area contributed by atoms with Crippen LogP contribution < -0.4 is 4.74 Å². The summed E-state index contributed by atoms with van der Waals surface area (Å²) < 4.78 is 5.52. The van der Waals surface area contributed by atoms with Gasteiger partial charge in [0.1, 0.15) is 11.9 Å². The van der Waals surface area contributed by atoms with Gasteiger partial charge in [-0.05, 0) is 43.4 Å². The molecule has 18 heavy (non-hydrogen) atoms. The van der Waals surface area contributed by atoms with E-state index in [4.69, 9.17) is 9.84 Å². The van der Waals surface area contributed by atoms with Crippen LogP contribution in [0.5, 0.6) is 5.75 Å². The van der Waals surface area contributed by atoms with Gasteiger partial charge in [-0.25, -0.2) is 0 Å². The lowest BCUT2D eigenvalue weighted by atomic mass is 10.2. The van der Waals surface area contributed by atoms with Gasteiger partial charge in [0.15, 0.2) is 0 Å². The molecule has 3 heteroatoms. The van der Waals surface area contributed by atoms with Gasteiger partial charge in [0, 0.05) is 4.90 Å². The van der Waals surface area contributed by atoms with Gasteiger partial charge in [-0.1, -0.05) is 26.2 Å². The molecule has 0 fully saturated rings. The van der Waals surface area contributed by atoms with E-state index >= 15 is 0 Å². The van der Waals surface area contributed by atoms with E-state index in [1.54, 1.807) is 0 Å². The molecule has 1 unspecified atom stereocenters. The molecule has 0 radical (unpaired) electrons. The molecule has 1 N–H and O–H groups in total. The molecule has 0 aliphatic heterocycles. The molecule has 0 saturated carbocycles. The minimum absolute atomic E-state index is 0.0495. The quantitative estimate of drug-likeness (QED) is 0.539. The van der Waals surface area contributed by atoms with Crippen LogP contribution in [0.3, 0.4) is 0 Å². The zero-order chi connectivity index (χ0) is 13.2. The summed E-state index contributed by atoms with van der Waals surface area (Å²) in [6.07, 6.45) is 5.11. The molecule has 0 amide bonds. The summed E-state index contributed by atoms with van der Waals surface area (Å²) in [5.41, 5.74) is 0. The Morgan fingerprint density at radius 3 is 2.50 bits per heavy atom. The molecule has 1 aromatic carbocycles. The molecule has 102 valence electrons. The minimum Gasteiger partial charge on any atom is -0.488 e. The van der Waals surface area contributed by atoms with Gasteiger partial charge in [-0.2, -0.15) is 0 Å². The average molecular weight is 268 g/mol. The minimum atomic E-state index is -0.141. The number of unbranched alkanes of at least 4 members (excludes halogenated alkanes) is 3. The first kappa shape index (κ1) is 15.4.